The molecule has 0 aliphatic carbocycles. The van der Waals surface area contributed by atoms with Crippen molar-refractivity contribution in [1.82, 2.24) is 19.9 Å². The number of nitrogens with zero attached hydrogens (tertiary/aromatic N) is 4. The van der Waals surface area contributed by atoms with Gasteiger partial charge in [0, 0.05) is 11.8 Å². The Morgan fingerprint density at radius 1 is 1.18 bits per heavy atom. The second kappa shape index (κ2) is 5.85. The van der Waals surface area contributed by atoms with Crippen LogP contribution in [0.15, 0.2) is 24.4 Å². The average molecular weight is 314 g/mol. The summed E-state index contributed by atoms with van der Waals surface area (Å²) in [6.45, 7) is 4.02. The van der Waals surface area contributed by atoms with Gasteiger partial charge in [-0.2, -0.15) is 0 Å². The van der Waals surface area contributed by atoms with Gasteiger partial charge in [0.25, 0.3) is 0 Å². The Bertz CT molecular complexity index is 847. The highest BCUT2D eigenvalue weighted by Gasteiger charge is 2.10. The molecule has 0 amide bonds. The minimum absolute atomic E-state index is 0.287. The van der Waals surface area contributed by atoms with Crippen LogP contribution in [0.2, 0.25) is 5.15 Å². The summed E-state index contributed by atoms with van der Waals surface area (Å²) in [5.41, 5.74) is 10.9. The van der Waals surface area contributed by atoms with E-state index in [1.165, 1.54) is 0 Å². The number of aryl methyl sites for hydroxylation is 2. The van der Waals surface area contributed by atoms with E-state index in [9.17, 15) is 0 Å². The van der Waals surface area contributed by atoms with E-state index >= 15 is 0 Å². The Morgan fingerprint density at radius 2 is 2.00 bits per heavy atom. The molecule has 3 rings (SSSR count). The van der Waals surface area contributed by atoms with Gasteiger partial charge in [-0.05, 0) is 37.1 Å². The van der Waals surface area contributed by atoms with E-state index in [0.717, 1.165) is 46.4 Å². The Kier molecular flexibility index (Phi) is 3.90. The molecular weight excluding hydrogens is 298 g/mol. The first-order valence-electron chi connectivity index (χ1n) is 7.14. The zero-order valence-corrected chi connectivity index (χ0v) is 13.2. The molecule has 5 nitrogen and oxygen atoms in total. The third-order valence-corrected chi connectivity index (χ3v) is 3.82. The van der Waals surface area contributed by atoms with Gasteiger partial charge in [-0.1, -0.05) is 24.9 Å². The number of pyridine rings is 2. The van der Waals surface area contributed by atoms with Crippen LogP contribution >= 0.6 is 11.6 Å². The van der Waals surface area contributed by atoms with Crippen LogP contribution in [0.4, 0.5) is 5.95 Å². The molecule has 3 aromatic heterocycles. The van der Waals surface area contributed by atoms with Gasteiger partial charge in [-0.3, -0.25) is 0 Å². The topological polar surface area (TPSA) is 77.6 Å². The van der Waals surface area contributed by atoms with Crippen molar-refractivity contribution in [2.24, 2.45) is 0 Å². The molecule has 2 N–H and O–H groups in total. The maximum absolute atomic E-state index is 5.98. The lowest BCUT2D eigenvalue weighted by Crippen LogP contribution is -2.02. The number of nitrogens with two attached hydrogens (primary N) is 1. The van der Waals surface area contributed by atoms with Gasteiger partial charge >= 0.3 is 0 Å². The highest BCUT2D eigenvalue weighted by molar-refractivity contribution is 6.30. The van der Waals surface area contributed by atoms with Crippen molar-refractivity contribution in [3.05, 3.63) is 40.8 Å². The first-order chi connectivity index (χ1) is 10.6. The quantitative estimate of drug-likeness (QED) is 0.748. The van der Waals surface area contributed by atoms with Gasteiger partial charge < -0.3 is 5.73 Å². The maximum Gasteiger partial charge on any atom is 0.220 e. The lowest BCUT2D eigenvalue weighted by molar-refractivity contribution is 0.885. The number of nitrogen functional groups attached to an aromatic ring is 1. The first-order valence-corrected chi connectivity index (χ1v) is 7.52. The minimum Gasteiger partial charge on any atom is -0.368 e. The minimum atomic E-state index is 0.287. The van der Waals surface area contributed by atoms with Crippen LogP contribution in [0, 0.1) is 6.92 Å². The Hall–Kier alpha value is -2.27. The van der Waals surface area contributed by atoms with E-state index in [1.807, 2.05) is 25.1 Å². The zero-order valence-electron chi connectivity index (χ0n) is 12.5. The fourth-order valence-corrected chi connectivity index (χ4v) is 2.47. The summed E-state index contributed by atoms with van der Waals surface area (Å²) in [4.78, 5) is 17.5. The lowest BCUT2D eigenvalue weighted by atomic mass is 10.1. The molecule has 0 atom stereocenters. The average Bonchev–Trinajstić information content (AvgIpc) is 2.50. The van der Waals surface area contributed by atoms with Gasteiger partial charge in [-0.15, -0.1) is 0 Å². The molecule has 0 aliphatic rings. The molecule has 22 heavy (non-hydrogen) atoms. The van der Waals surface area contributed by atoms with Crippen LogP contribution in [-0.2, 0) is 6.42 Å². The van der Waals surface area contributed by atoms with Gasteiger partial charge in [0.05, 0.1) is 16.9 Å². The van der Waals surface area contributed by atoms with E-state index in [0.29, 0.717) is 5.15 Å². The normalized spacial score (nSPS) is 11.0. The Balaban J connectivity index is 2.17. The second-order valence-corrected chi connectivity index (χ2v) is 5.53. The van der Waals surface area contributed by atoms with Crippen molar-refractivity contribution in [3.8, 4) is 11.3 Å². The lowest BCUT2D eigenvalue weighted by Gasteiger charge is -2.08. The molecule has 0 saturated heterocycles. The molecule has 6 heteroatoms. The smallest absolute Gasteiger partial charge is 0.220 e. The van der Waals surface area contributed by atoms with E-state index in [1.54, 1.807) is 6.20 Å². The van der Waals surface area contributed by atoms with Crippen molar-refractivity contribution in [3.63, 3.8) is 0 Å². The van der Waals surface area contributed by atoms with Crippen LogP contribution in [-0.4, -0.2) is 19.9 Å². The van der Waals surface area contributed by atoms with Gasteiger partial charge in [0.1, 0.15) is 10.7 Å². The van der Waals surface area contributed by atoms with Crippen molar-refractivity contribution >= 4 is 28.6 Å². The largest absolute Gasteiger partial charge is 0.368 e. The van der Waals surface area contributed by atoms with E-state index in [4.69, 9.17) is 22.3 Å². The van der Waals surface area contributed by atoms with E-state index in [-0.39, 0.29) is 5.95 Å². The predicted molar refractivity (Wildman–Crippen MR) is 88.7 cm³/mol. The molecule has 0 fully saturated rings. The number of anilines is 1. The Labute approximate surface area is 133 Å². The molecule has 3 aromatic rings. The molecule has 0 radical (unpaired) electrons. The number of hydrogen-bond acceptors (Lipinski definition) is 5. The zero-order chi connectivity index (χ0) is 15.7. The summed E-state index contributed by atoms with van der Waals surface area (Å²) in [6, 6.07) is 5.80. The molecule has 0 saturated carbocycles. The van der Waals surface area contributed by atoms with Crippen molar-refractivity contribution in [2.45, 2.75) is 26.7 Å². The van der Waals surface area contributed by atoms with Crippen molar-refractivity contribution in [1.29, 1.82) is 0 Å². The molecule has 112 valence electrons. The van der Waals surface area contributed by atoms with Crippen LogP contribution < -0.4 is 5.73 Å². The summed E-state index contributed by atoms with van der Waals surface area (Å²) in [5, 5.41) is 0.507. The molecule has 3 heterocycles. The number of hydrogen-bond donors (Lipinski definition) is 1. The number of aromatic nitrogens is 4. The van der Waals surface area contributed by atoms with Crippen LogP contribution in [0.5, 0.6) is 0 Å². The summed E-state index contributed by atoms with van der Waals surface area (Å²) in [6.07, 6.45) is 3.51. The second-order valence-electron chi connectivity index (χ2n) is 5.17. The van der Waals surface area contributed by atoms with Gasteiger partial charge in [0.2, 0.25) is 5.95 Å². The number of halogens is 1. The monoisotopic (exact) mass is 313 g/mol. The highest BCUT2D eigenvalue weighted by Crippen LogP contribution is 2.24. The third-order valence-electron chi connectivity index (χ3n) is 3.43. The van der Waals surface area contributed by atoms with Crippen molar-refractivity contribution < 1.29 is 0 Å². The SMILES string of the molecule is CCCc1nc(N)nc2ccc(-c3cnc(Cl)c(C)c3)nc12. The van der Waals surface area contributed by atoms with E-state index < -0.39 is 0 Å². The summed E-state index contributed by atoms with van der Waals surface area (Å²) in [5.74, 6) is 0.287. The van der Waals surface area contributed by atoms with Crippen LogP contribution in [0.1, 0.15) is 24.6 Å². The van der Waals surface area contributed by atoms with Crippen LogP contribution in [0.25, 0.3) is 22.3 Å². The molecule has 0 bridgehead atoms. The Morgan fingerprint density at radius 3 is 2.73 bits per heavy atom. The highest BCUT2D eigenvalue weighted by atomic mass is 35.5. The first kappa shape index (κ1) is 14.7. The molecule has 0 aliphatic heterocycles. The molecular formula is C16H16ClN5. The molecule has 0 unspecified atom stereocenters. The maximum atomic E-state index is 5.98. The number of rotatable bonds is 3. The fourth-order valence-electron chi connectivity index (χ4n) is 2.36. The fraction of sp³-hybridized carbons (Fsp3) is 0.250. The third kappa shape index (κ3) is 2.72. The number of fused-ring (bicyclic) bond motifs is 1. The summed E-state index contributed by atoms with van der Waals surface area (Å²) >= 11 is 5.98. The van der Waals surface area contributed by atoms with E-state index in [2.05, 4.69) is 21.9 Å². The standard InChI is InChI=1S/C16H16ClN5/c1-3-4-12-14-13(22-16(18)21-12)6-5-11(20-14)10-7-9(2)15(17)19-8-10/h5-8H,3-4H2,1-2H3,(H2,18,21,22). The molecule has 0 aromatic carbocycles. The summed E-state index contributed by atoms with van der Waals surface area (Å²) < 4.78 is 0. The van der Waals surface area contributed by atoms with Crippen LogP contribution in [0.3, 0.4) is 0 Å². The molecule has 0 spiro atoms. The predicted octanol–water partition coefficient (Wildman–Crippen LogP) is 3.58. The van der Waals surface area contributed by atoms with Crippen molar-refractivity contribution in [2.75, 3.05) is 5.73 Å². The van der Waals surface area contributed by atoms with Gasteiger partial charge in [-0.25, -0.2) is 19.9 Å². The summed E-state index contributed by atoms with van der Waals surface area (Å²) in [7, 11) is 0. The van der Waals surface area contributed by atoms with Gasteiger partial charge in [0.15, 0.2) is 0 Å².